The first-order chi connectivity index (χ1) is 6.63. The lowest BCUT2D eigenvalue weighted by Crippen LogP contribution is -2.34. The highest BCUT2D eigenvalue weighted by Crippen LogP contribution is 1.96. The van der Waals surface area contributed by atoms with Crippen LogP contribution < -0.4 is 5.32 Å². The van der Waals surface area contributed by atoms with Crippen molar-refractivity contribution in [1.29, 1.82) is 5.26 Å². The molecule has 5 heteroatoms. The van der Waals surface area contributed by atoms with E-state index in [1.165, 1.54) is 6.07 Å². The third-order valence-corrected chi connectivity index (χ3v) is 1.72. The number of nitrogens with one attached hydrogen (secondary N) is 1. The Labute approximate surface area is 82.7 Å². The van der Waals surface area contributed by atoms with Crippen LogP contribution in [0.4, 0.5) is 0 Å². The highest BCUT2D eigenvalue weighted by atomic mass is 16.4. The molecule has 0 saturated heterocycles. The lowest BCUT2D eigenvalue weighted by atomic mass is 10.1. The van der Waals surface area contributed by atoms with Crippen LogP contribution in [0.3, 0.4) is 0 Å². The number of rotatable bonds is 6. The largest absolute Gasteiger partial charge is 0.480 e. The molecule has 1 atom stereocenters. The molecular formula is C9H14N2O3. The summed E-state index contributed by atoms with van der Waals surface area (Å²) in [4.78, 5) is 21.4. The Bertz CT molecular complexity index is 245. The molecule has 0 aliphatic carbocycles. The topological polar surface area (TPSA) is 90.2 Å². The molecule has 0 aromatic heterocycles. The minimum absolute atomic E-state index is 0.429. The van der Waals surface area contributed by atoms with E-state index >= 15 is 0 Å². The van der Waals surface area contributed by atoms with Crippen LogP contribution in [0, 0.1) is 17.2 Å². The van der Waals surface area contributed by atoms with E-state index in [4.69, 9.17) is 10.4 Å². The van der Waals surface area contributed by atoms with Gasteiger partial charge in [-0.15, -0.1) is 0 Å². The maximum atomic E-state index is 11.1. The quantitative estimate of drug-likeness (QED) is 0.480. The second-order valence-corrected chi connectivity index (χ2v) is 2.90. The lowest BCUT2D eigenvalue weighted by Gasteiger charge is -2.05. The number of carbonyl (C=O) groups is 2. The van der Waals surface area contributed by atoms with Crippen molar-refractivity contribution in [3.05, 3.63) is 0 Å². The molecule has 0 aromatic rings. The summed E-state index contributed by atoms with van der Waals surface area (Å²) in [5.74, 6) is -3.71. The SMILES string of the molecule is CCCCCNC(=O)C(C#N)C(=O)O. The molecule has 5 nitrogen and oxygen atoms in total. The molecule has 0 heterocycles. The number of nitriles is 1. The molecule has 0 bridgehead atoms. The summed E-state index contributed by atoms with van der Waals surface area (Å²) in [6.45, 7) is 2.45. The van der Waals surface area contributed by atoms with E-state index in [2.05, 4.69) is 5.32 Å². The number of hydrogen-bond acceptors (Lipinski definition) is 3. The molecule has 0 aliphatic heterocycles. The molecule has 0 saturated carbocycles. The zero-order chi connectivity index (χ0) is 11.0. The van der Waals surface area contributed by atoms with Crippen molar-refractivity contribution >= 4 is 11.9 Å². The second-order valence-electron chi connectivity index (χ2n) is 2.90. The Kier molecular flexibility index (Phi) is 6.12. The first kappa shape index (κ1) is 12.4. The average molecular weight is 198 g/mol. The summed E-state index contributed by atoms with van der Waals surface area (Å²) in [6.07, 6.45) is 2.81. The molecule has 14 heavy (non-hydrogen) atoms. The standard InChI is InChI=1S/C9H14N2O3/c1-2-3-4-5-11-8(12)7(6-10)9(13)14/h7H,2-5H2,1H3,(H,11,12)(H,13,14). The summed E-state index contributed by atoms with van der Waals surface area (Å²) in [6, 6.07) is 1.43. The molecule has 0 aliphatic rings. The smallest absolute Gasteiger partial charge is 0.330 e. The molecule has 1 unspecified atom stereocenters. The van der Waals surface area contributed by atoms with Crippen molar-refractivity contribution in [2.75, 3.05) is 6.54 Å². The number of carbonyl (C=O) groups excluding carboxylic acids is 1. The van der Waals surface area contributed by atoms with E-state index in [1.807, 2.05) is 6.92 Å². The maximum Gasteiger partial charge on any atom is 0.330 e. The van der Waals surface area contributed by atoms with Gasteiger partial charge in [0.2, 0.25) is 11.8 Å². The third kappa shape index (κ3) is 4.45. The van der Waals surface area contributed by atoms with Crippen molar-refractivity contribution < 1.29 is 14.7 Å². The van der Waals surface area contributed by atoms with Gasteiger partial charge in [-0.25, -0.2) is 0 Å². The van der Waals surface area contributed by atoms with Crippen molar-refractivity contribution in [3.63, 3.8) is 0 Å². The zero-order valence-corrected chi connectivity index (χ0v) is 8.12. The van der Waals surface area contributed by atoms with Gasteiger partial charge in [0.25, 0.3) is 0 Å². The number of amides is 1. The van der Waals surface area contributed by atoms with Crippen molar-refractivity contribution in [1.82, 2.24) is 5.32 Å². The second kappa shape index (κ2) is 6.89. The van der Waals surface area contributed by atoms with Gasteiger partial charge in [0.1, 0.15) is 0 Å². The van der Waals surface area contributed by atoms with E-state index in [9.17, 15) is 9.59 Å². The van der Waals surface area contributed by atoms with Crippen molar-refractivity contribution in [2.45, 2.75) is 26.2 Å². The third-order valence-electron chi connectivity index (χ3n) is 1.72. The molecule has 0 rings (SSSR count). The molecular weight excluding hydrogens is 184 g/mol. The fraction of sp³-hybridized carbons (Fsp3) is 0.667. The predicted octanol–water partition coefficient (Wildman–Crippen LogP) is 0.517. The zero-order valence-electron chi connectivity index (χ0n) is 8.12. The number of nitrogens with zero attached hydrogens (tertiary/aromatic N) is 1. The summed E-state index contributed by atoms with van der Waals surface area (Å²) in [7, 11) is 0. The first-order valence-corrected chi connectivity index (χ1v) is 4.53. The van der Waals surface area contributed by atoms with Gasteiger partial charge in [-0.1, -0.05) is 19.8 Å². The molecule has 0 spiro atoms. The monoisotopic (exact) mass is 198 g/mol. The molecule has 0 aromatic carbocycles. The number of aliphatic carboxylic acids is 1. The Balaban J connectivity index is 3.84. The summed E-state index contributed by atoms with van der Waals surface area (Å²) >= 11 is 0. The number of hydrogen-bond donors (Lipinski definition) is 2. The highest BCUT2D eigenvalue weighted by molar-refractivity contribution is 5.99. The first-order valence-electron chi connectivity index (χ1n) is 4.53. The minimum Gasteiger partial charge on any atom is -0.480 e. The van der Waals surface area contributed by atoms with Gasteiger partial charge in [0, 0.05) is 6.54 Å². The van der Waals surface area contributed by atoms with Crippen LogP contribution in [0.25, 0.3) is 0 Å². The predicted molar refractivity (Wildman–Crippen MR) is 49.3 cm³/mol. The summed E-state index contributed by atoms with van der Waals surface area (Å²) in [5.41, 5.74) is 0. The van der Waals surface area contributed by atoms with Gasteiger partial charge in [-0.3, -0.25) is 9.59 Å². The van der Waals surface area contributed by atoms with Crippen LogP contribution in [-0.2, 0) is 9.59 Å². The van der Waals surface area contributed by atoms with E-state index in [0.717, 1.165) is 19.3 Å². The average Bonchev–Trinajstić information content (AvgIpc) is 2.13. The molecule has 0 radical (unpaired) electrons. The van der Waals surface area contributed by atoms with Crippen molar-refractivity contribution in [3.8, 4) is 6.07 Å². The lowest BCUT2D eigenvalue weighted by molar-refractivity contribution is -0.144. The van der Waals surface area contributed by atoms with Gasteiger partial charge in [-0.05, 0) is 6.42 Å². The van der Waals surface area contributed by atoms with E-state index in [1.54, 1.807) is 0 Å². The normalized spacial score (nSPS) is 11.4. The van der Waals surface area contributed by atoms with Crippen LogP contribution in [0.1, 0.15) is 26.2 Å². The fourth-order valence-corrected chi connectivity index (χ4v) is 0.915. The Morgan fingerprint density at radius 1 is 1.50 bits per heavy atom. The van der Waals surface area contributed by atoms with E-state index in [0.29, 0.717) is 6.54 Å². The van der Waals surface area contributed by atoms with Gasteiger partial charge in [0.15, 0.2) is 0 Å². The number of carboxylic acids is 1. The fourth-order valence-electron chi connectivity index (χ4n) is 0.915. The van der Waals surface area contributed by atoms with Crippen LogP contribution in [0.2, 0.25) is 0 Å². The number of carboxylic acid groups (broad SMARTS) is 1. The van der Waals surface area contributed by atoms with Gasteiger partial charge in [0.05, 0.1) is 6.07 Å². The minimum atomic E-state index is -1.59. The molecule has 1 amide bonds. The van der Waals surface area contributed by atoms with Gasteiger partial charge >= 0.3 is 5.97 Å². The summed E-state index contributed by atoms with van der Waals surface area (Å²) < 4.78 is 0. The van der Waals surface area contributed by atoms with Crippen LogP contribution in [0.5, 0.6) is 0 Å². The maximum absolute atomic E-state index is 11.1. The van der Waals surface area contributed by atoms with Crippen molar-refractivity contribution in [2.24, 2.45) is 5.92 Å². The van der Waals surface area contributed by atoms with Crippen LogP contribution in [0.15, 0.2) is 0 Å². The Morgan fingerprint density at radius 2 is 2.14 bits per heavy atom. The Morgan fingerprint density at radius 3 is 2.57 bits per heavy atom. The van der Waals surface area contributed by atoms with E-state index < -0.39 is 17.8 Å². The Hall–Kier alpha value is -1.57. The van der Waals surface area contributed by atoms with E-state index in [-0.39, 0.29) is 0 Å². The summed E-state index contributed by atoms with van der Waals surface area (Å²) in [5, 5.41) is 19.2. The van der Waals surface area contributed by atoms with Crippen LogP contribution in [-0.4, -0.2) is 23.5 Å². The van der Waals surface area contributed by atoms with Crippen LogP contribution >= 0.6 is 0 Å². The highest BCUT2D eigenvalue weighted by Gasteiger charge is 2.24. The van der Waals surface area contributed by atoms with Gasteiger partial charge < -0.3 is 10.4 Å². The molecule has 2 N–H and O–H groups in total. The molecule has 78 valence electrons. The molecule has 0 fully saturated rings. The number of unbranched alkanes of at least 4 members (excludes halogenated alkanes) is 2. The van der Waals surface area contributed by atoms with Gasteiger partial charge in [-0.2, -0.15) is 5.26 Å².